The summed E-state index contributed by atoms with van der Waals surface area (Å²) < 4.78 is 0. The van der Waals surface area contributed by atoms with Gasteiger partial charge in [0, 0.05) is 5.69 Å². The second kappa shape index (κ2) is 4.99. The standard InChI is InChI=1S/C5H7N3.C5H8N2/c6-4-2-1-3-5(7)8-4;1-4-3-6-7-5(4)2/h1-3H,(H4,6,7,8);3H,1-2H3,(H,6,7). The fraction of sp³-hybridized carbons (Fsp3) is 0.200. The molecular weight excluding hydrogens is 190 g/mol. The Balaban J connectivity index is 0.000000151. The average Bonchev–Trinajstić information content (AvgIpc) is 2.51. The molecule has 0 aliphatic heterocycles. The highest BCUT2D eigenvalue weighted by Gasteiger charge is 1.87. The third kappa shape index (κ3) is 3.68. The molecule has 5 nitrogen and oxygen atoms in total. The lowest BCUT2D eigenvalue weighted by atomic mass is 10.3. The Morgan fingerprint density at radius 1 is 1.13 bits per heavy atom. The molecule has 2 aromatic rings. The second-order valence-electron chi connectivity index (χ2n) is 3.17. The zero-order valence-electron chi connectivity index (χ0n) is 8.86. The van der Waals surface area contributed by atoms with Gasteiger partial charge in [-0.3, -0.25) is 5.10 Å². The largest absolute Gasteiger partial charge is 0.384 e. The van der Waals surface area contributed by atoms with Crippen LogP contribution in [-0.2, 0) is 0 Å². The molecule has 15 heavy (non-hydrogen) atoms. The first-order valence-electron chi connectivity index (χ1n) is 4.54. The first kappa shape index (κ1) is 11.0. The molecule has 0 aromatic carbocycles. The van der Waals surface area contributed by atoms with Crippen molar-refractivity contribution in [3.05, 3.63) is 35.7 Å². The molecule has 2 heterocycles. The molecule has 0 saturated carbocycles. The van der Waals surface area contributed by atoms with Crippen LogP contribution >= 0.6 is 0 Å². The van der Waals surface area contributed by atoms with Crippen molar-refractivity contribution in [2.75, 3.05) is 11.5 Å². The number of nitrogens with one attached hydrogen (secondary N) is 1. The smallest absolute Gasteiger partial charge is 0.125 e. The number of rotatable bonds is 0. The fourth-order valence-corrected chi connectivity index (χ4v) is 0.880. The fourth-order valence-electron chi connectivity index (χ4n) is 0.880. The van der Waals surface area contributed by atoms with Gasteiger partial charge in [0.2, 0.25) is 0 Å². The van der Waals surface area contributed by atoms with Gasteiger partial charge in [-0.15, -0.1) is 0 Å². The molecule has 0 spiro atoms. The van der Waals surface area contributed by atoms with Crippen LogP contribution in [0.4, 0.5) is 11.6 Å². The van der Waals surface area contributed by atoms with E-state index in [1.54, 1.807) is 18.2 Å². The molecule has 0 atom stereocenters. The Morgan fingerprint density at radius 3 is 1.93 bits per heavy atom. The quantitative estimate of drug-likeness (QED) is 0.603. The van der Waals surface area contributed by atoms with E-state index in [4.69, 9.17) is 11.5 Å². The summed E-state index contributed by atoms with van der Waals surface area (Å²) in [6, 6.07) is 5.14. The van der Waals surface area contributed by atoms with Gasteiger partial charge in [-0.05, 0) is 31.5 Å². The Labute approximate surface area is 88.5 Å². The van der Waals surface area contributed by atoms with Crippen LogP contribution in [0.5, 0.6) is 0 Å². The Bertz CT molecular complexity index is 388. The lowest BCUT2D eigenvalue weighted by Crippen LogP contribution is -1.93. The Morgan fingerprint density at radius 2 is 1.73 bits per heavy atom. The number of aryl methyl sites for hydroxylation is 2. The number of pyridine rings is 1. The van der Waals surface area contributed by atoms with Crippen LogP contribution in [-0.4, -0.2) is 15.2 Å². The molecule has 5 heteroatoms. The van der Waals surface area contributed by atoms with E-state index in [0.717, 1.165) is 5.69 Å². The van der Waals surface area contributed by atoms with Gasteiger partial charge in [-0.25, -0.2) is 4.98 Å². The zero-order valence-corrected chi connectivity index (χ0v) is 8.86. The Hall–Kier alpha value is -2.04. The summed E-state index contributed by atoms with van der Waals surface area (Å²) in [7, 11) is 0. The van der Waals surface area contributed by atoms with Crippen molar-refractivity contribution in [2.24, 2.45) is 0 Å². The van der Waals surface area contributed by atoms with E-state index in [2.05, 4.69) is 15.2 Å². The van der Waals surface area contributed by atoms with Crippen molar-refractivity contribution in [3.8, 4) is 0 Å². The van der Waals surface area contributed by atoms with E-state index in [-0.39, 0.29) is 0 Å². The molecule has 0 bridgehead atoms. The van der Waals surface area contributed by atoms with Gasteiger partial charge in [0.25, 0.3) is 0 Å². The maximum absolute atomic E-state index is 5.27. The molecule has 0 radical (unpaired) electrons. The van der Waals surface area contributed by atoms with Gasteiger partial charge in [-0.2, -0.15) is 5.10 Å². The predicted octanol–water partition coefficient (Wildman–Crippen LogP) is 1.27. The molecule has 0 unspecified atom stereocenters. The second-order valence-corrected chi connectivity index (χ2v) is 3.17. The van der Waals surface area contributed by atoms with Crippen LogP contribution in [0.2, 0.25) is 0 Å². The number of hydrogen-bond donors (Lipinski definition) is 3. The molecule has 0 amide bonds. The van der Waals surface area contributed by atoms with Crippen LogP contribution in [0.15, 0.2) is 24.4 Å². The zero-order chi connectivity index (χ0) is 11.3. The molecule has 2 rings (SSSR count). The van der Waals surface area contributed by atoms with Crippen molar-refractivity contribution in [1.82, 2.24) is 15.2 Å². The van der Waals surface area contributed by atoms with Gasteiger partial charge < -0.3 is 11.5 Å². The topological polar surface area (TPSA) is 93.6 Å². The molecule has 0 aliphatic carbocycles. The molecular formula is C10H15N5. The number of aromatic nitrogens is 3. The van der Waals surface area contributed by atoms with Crippen molar-refractivity contribution < 1.29 is 0 Å². The molecule has 5 N–H and O–H groups in total. The van der Waals surface area contributed by atoms with Crippen molar-refractivity contribution in [1.29, 1.82) is 0 Å². The van der Waals surface area contributed by atoms with Crippen LogP contribution in [0.1, 0.15) is 11.3 Å². The highest BCUT2D eigenvalue weighted by atomic mass is 15.1. The van der Waals surface area contributed by atoms with Crippen molar-refractivity contribution >= 4 is 11.6 Å². The number of nitrogens with two attached hydrogens (primary N) is 2. The summed E-state index contributed by atoms with van der Waals surface area (Å²) in [6.45, 7) is 4.03. The minimum absolute atomic E-state index is 0.463. The van der Waals surface area contributed by atoms with Crippen LogP contribution < -0.4 is 11.5 Å². The molecule has 0 fully saturated rings. The summed E-state index contributed by atoms with van der Waals surface area (Å²) in [5.74, 6) is 0.926. The summed E-state index contributed by atoms with van der Waals surface area (Å²) in [6.07, 6.45) is 1.81. The molecule has 80 valence electrons. The SMILES string of the molecule is Cc1cn[nH]c1C.Nc1cccc(N)n1. The van der Waals surface area contributed by atoms with E-state index >= 15 is 0 Å². The highest BCUT2D eigenvalue weighted by Crippen LogP contribution is 1.99. The van der Waals surface area contributed by atoms with Crippen molar-refractivity contribution in [3.63, 3.8) is 0 Å². The molecule has 2 aromatic heterocycles. The Kier molecular flexibility index (Phi) is 3.68. The van der Waals surface area contributed by atoms with Crippen LogP contribution in [0.3, 0.4) is 0 Å². The van der Waals surface area contributed by atoms with Crippen LogP contribution in [0.25, 0.3) is 0 Å². The van der Waals surface area contributed by atoms with E-state index in [9.17, 15) is 0 Å². The molecule has 0 saturated heterocycles. The van der Waals surface area contributed by atoms with Gasteiger partial charge >= 0.3 is 0 Å². The minimum Gasteiger partial charge on any atom is -0.384 e. The van der Waals surface area contributed by atoms with Crippen molar-refractivity contribution in [2.45, 2.75) is 13.8 Å². The van der Waals surface area contributed by atoms with Gasteiger partial charge in [-0.1, -0.05) is 6.07 Å². The lowest BCUT2D eigenvalue weighted by Gasteiger charge is -1.90. The maximum Gasteiger partial charge on any atom is 0.125 e. The number of nitrogen functional groups attached to an aromatic ring is 2. The summed E-state index contributed by atoms with van der Waals surface area (Å²) >= 11 is 0. The highest BCUT2D eigenvalue weighted by molar-refractivity contribution is 5.37. The van der Waals surface area contributed by atoms with Gasteiger partial charge in [0.15, 0.2) is 0 Å². The number of anilines is 2. The minimum atomic E-state index is 0.463. The normalized spacial score (nSPS) is 9.20. The first-order chi connectivity index (χ1) is 7.09. The first-order valence-corrected chi connectivity index (χ1v) is 4.54. The molecule has 0 aliphatic rings. The number of aromatic amines is 1. The number of hydrogen-bond acceptors (Lipinski definition) is 4. The predicted molar refractivity (Wildman–Crippen MR) is 61.1 cm³/mol. The maximum atomic E-state index is 5.27. The number of nitrogens with zero attached hydrogens (tertiary/aromatic N) is 2. The average molecular weight is 205 g/mol. The summed E-state index contributed by atoms with van der Waals surface area (Å²) in [5.41, 5.74) is 12.9. The monoisotopic (exact) mass is 205 g/mol. The van der Waals surface area contributed by atoms with E-state index in [1.165, 1.54) is 5.56 Å². The summed E-state index contributed by atoms with van der Waals surface area (Å²) in [5, 5.41) is 6.61. The van der Waals surface area contributed by atoms with E-state index < -0.39 is 0 Å². The lowest BCUT2D eigenvalue weighted by molar-refractivity contribution is 1.04. The van der Waals surface area contributed by atoms with Crippen LogP contribution in [0, 0.1) is 13.8 Å². The number of H-pyrrole nitrogens is 1. The third-order valence-electron chi connectivity index (χ3n) is 1.87. The van der Waals surface area contributed by atoms with E-state index in [1.807, 2.05) is 20.0 Å². The van der Waals surface area contributed by atoms with E-state index in [0.29, 0.717) is 11.6 Å². The van der Waals surface area contributed by atoms with Gasteiger partial charge in [0.05, 0.1) is 6.20 Å². The third-order valence-corrected chi connectivity index (χ3v) is 1.87. The van der Waals surface area contributed by atoms with Gasteiger partial charge in [0.1, 0.15) is 11.6 Å². The summed E-state index contributed by atoms with van der Waals surface area (Å²) in [4.78, 5) is 3.73.